The first kappa shape index (κ1) is 13.8. The van der Waals surface area contributed by atoms with Gasteiger partial charge >= 0.3 is 0 Å². The fourth-order valence-electron chi connectivity index (χ4n) is 3.53. The normalized spacial score (nSPS) is 44.6. The SMILES string of the molecule is CC1CCN(C(=O)C2C(C)OC(C)C2C)C1CN. The quantitative estimate of drug-likeness (QED) is 0.806. The Bertz CT molecular complexity index is 321. The Balaban J connectivity index is 2.12. The van der Waals surface area contributed by atoms with Crippen molar-refractivity contribution in [1.82, 2.24) is 4.90 Å². The summed E-state index contributed by atoms with van der Waals surface area (Å²) in [7, 11) is 0. The van der Waals surface area contributed by atoms with Crippen LogP contribution in [0.3, 0.4) is 0 Å². The van der Waals surface area contributed by atoms with Crippen LogP contribution in [0, 0.1) is 17.8 Å². The Morgan fingerprint density at radius 2 is 1.94 bits per heavy atom. The number of carbonyl (C=O) groups excluding carboxylic acids is 1. The molecule has 2 saturated heterocycles. The molecule has 2 N–H and O–H groups in total. The molecule has 2 aliphatic rings. The number of nitrogens with two attached hydrogens (primary N) is 1. The Labute approximate surface area is 110 Å². The molecule has 2 heterocycles. The summed E-state index contributed by atoms with van der Waals surface area (Å²) < 4.78 is 5.78. The molecule has 6 atom stereocenters. The Hall–Kier alpha value is -0.610. The van der Waals surface area contributed by atoms with Crippen molar-refractivity contribution < 1.29 is 9.53 Å². The lowest BCUT2D eigenvalue weighted by Crippen LogP contribution is -2.47. The van der Waals surface area contributed by atoms with E-state index in [1.165, 1.54) is 0 Å². The van der Waals surface area contributed by atoms with E-state index >= 15 is 0 Å². The highest BCUT2D eigenvalue weighted by Crippen LogP contribution is 2.35. The second-order valence-corrected chi connectivity index (χ2v) is 6.03. The maximum atomic E-state index is 12.7. The molecule has 0 radical (unpaired) electrons. The van der Waals surface area contributed by atoms with Crippen LogP contribution in [0.1, 0.15) is 34.1 Å². The van der Waals surface area contributed by atoms with Gasteiger partial charge in [-0.2, -0.15) is 0 Å². The standard InChI is InChI=1S/C14H26N2O2/c1-8-5-6-16(12(8)7-15)14(17)13-9(2)10(3)18-11(13)4/h8-13H,5-7,15H2,1-4H3. The highest BCUT2D eigenvalue weighted by molar-refractivity contribution is 5.80. The second-order valence-electron chi connectivity index (χ2n) is 6.03. The lowest BCUT2D eigenvalue weighted by molar-refractivity contribution is -0.138. The van der Waals surface area contributed by atoms with Gasteiger partial charge in [0.1, 0.15) is 0 Å². The van der Waals surface area contributed by atoms with E-state index in [2.05, 4.69) is 20.8 Å². The van der Waals surface area contributed by atoms with Gasteiger partial charge in [0, 0.05) is 19.1 Å². The van der Waals surface area contributed by atoms with Crippen LogP contribution in [-0.4, -0.2) is 42.1 Å². The van der Waals surface area contributed by atoms with Crippen LogP contribution >= 0.6 is 0 Å². The number of carbonyl (C=O) groups is 1. The molecule has 0 aromatic heterocycles. The molecule has 18 heavy (non-hydrogen) atoms. The zero-order valence-electron chi connectivity index (χ0n) is 11.9. The van der Waals surface area contributed by atoms with E-state index in [9.17, 15) is 4.79 Å². The molecule has 0 spiro atoms. The second kappa shape index (κ2) is 5.17. The van der Waals surface area contributed by atoms with Crippen molar-refractivity contribution in [2.24, 2.45) is 23.5 Å². The first-order valence-corrected chi connectivity index (χ1v) is 7.13. The Morgan fingerprint density at radius 1 is 1.28 bits per heavy atom. The van der Waals surface area contributed by atoms with Gasteiger partial charge in [0.25, 0.3) is 0 Å². The first-order chi connectivity index (χ1) is 8.47. The van der Waals surface area contributed by atoms with Gasteiger partial charge in [-0.1, -0.05) is 13.8 Å². The lowest BCUT2D eigenvalue weighted by atomic mass is 9.88. The largest absolute Gasteiger partial charge is 0.374 e. The number of ether oxygens (including phenoxy) is 1. The third kappa shape index (κ3) is 2.16. The Kier molecular flexibility index (Phi) is 3.97. The maximum Gasteiger partial charge on any atom is 0.228 e. The lowest BCUT2D eigenvalue weighted by Gasteiger charge is -2.30. The number of amides is 1. The zero-order valence-corrected chi connectivity index (χ0v) is 11.9. The third-order valence-electron chi connectivity index (χ3n) is 4.93. The van der Waals surface area contributed by atoms with Gasteiger partial charge in [-0.3, -0.25) is 4.79 Å². The molecule has 6 unspecified atom stereocenters. The molecule has 0 aliphatic carbocycles. The molecule has 2 fully saturated rings. The molecular weight excluding hydrogens is 228 g/mol. The maximum absolute atomic E-state index is 12.7. The highest BCUT2D eigenvalue weighted by Gasteiger charge is 2.46. The van der Waals surface area contributed by atoms with E-state index in [1.54, 1.807) is 0 Å². The molecule has 4 heteroatoms. The minimum Gasteiger partial charge on any atom is -0.374 e. The van der Waals surface area contributed by atoms with E-state index < -0.39 is 0 Å². The van der Waals surface area contributed by atoms with Crippen molar-refractivity contribution >= 4 is 5.91 Å². The van der Waals surface area contributed by atoms with Crippen LogP contribution in [-0.2, 0) is 9.53 Å². The molecule has 2 rings (SSSR count). The van der Waals surface area contributed by atoms with Gasteiger partial charge in [0.05, 0.1) is 18.1 Å². The highest BCUT2D eigenvalue weighted by atomic mass is 16.5. The summed E-state index contributed by atoms with van der Waals surface area (Å²) >= 11 is 0. The molecule has 0 aromatic rings. The van der Waals surface area contributed by atoms with Crippen molar-refractivity contribution in [3.8, 4) is 0 Å². The van der Waals surface area contributed by atoms with E-state index in [0.29, 0.717) is 18.4 Å². The average molecular weight is 254 g/mol. The minimum atomic E-state index is -0.000602. The van der Waals surface area contributed by atoms with Gasteiger partial charge < -0.3 is 15.4 Å². The number of nitrogens with zero attached hydrogens (tertiary/aromatic N) is 1. The Morgan fingerprint density at radius 3 is 2.44 bits per heavy atom. The zero-order chi connectivity index (χ0) is 13.4. The smallest absolute Gasteiger partial charge is 0.228 e. The number of hydrogen-bond acceptors (Lipinski definition) is 3. The van der Waals surface area contributed by atoms with Crippen molar-refractivity contribution in [2.45, 2.75) is 52.4 Å². The third-order valence-corrected chi connectivity index (χ3v) is 4.93. The summed E-state index contributed by atoms with van der Waals surface area (Å²) in [5, 5.41) is 0. The summed E-state index contributed by atoms with van der Waals surface area (Å²) in [6, 6.07) is 0.216. The van der Waals surface area contributed by atoms with Crippen LogP contribution in [0.5, 0.6) is 0 Å². The van der Waals surface area contributed by atoms with Gasteiger partial charge in [-0.25, -0.2) is 0 Å². The molecule has 1 amide bonds. The van der Waals surface area contributed by atoms with Gasteiger partial charge in [-0.05, 0) is 32.1 Å². The molecule has 0 bridgehead atoms. The van der Waals surface area contributed by atoms with Crippen LogP contribution < -0.4 is 5.73 Å². The van der Waals surface area contributed by atoms with E-state index in [1.807, 2.05) is 11.8 Å². The molecule has 0 saturated carbocycles. The monoisotopic (exact) mass is 254 g/mol. The molecule has 4 nitrogen and oxygen atoms in total. The predicted octanol–water partition coefficient (Wildman–Crippen LogP) is 1.24. The summed E-state index contributed by atoms with van der Waals surface area (Å²) in [5.41, 5.74) is 5.82. The molecular formula is C14H26N2O2. The van der Waals surface area contributed by atoms with Crippen LogP contribution in [0.25, 0.3) is 0 Å². The fraction of sp³-hybridized carbons (Fsp3) is 0.929. The first-order valence-electron chi connectivity index (χ1n) is 7.13. The summed E-state index contributed by atoms with van der Waals surface area (Å²) in [4.78, 5) is 14.7. The van der Waals surface area contributed by atoms with Crippen molar-refractivity contribution in [3.63, 3.8) is 0 Å². The van der Waals surface area contributed by atoms with Crippen molar-refractivity contribution in [1.29, 1.82) is 0 Å². The average Bonchev–Trinajstić information content (AvgIpc) is 2.80. The predicted molar refractivity (Wildman–Crippen MR) is 71.0 cm³/mol. The molecule has 104 valence electrons. The number of rotatable bonds is 2. The number of hydrogen-bond donors (Lipinski definition) is 1. The van der Waals surface area contributed by atoms with Crippen LogP contribution in [0.2, 0.25) is 0 Å². The molecule has 2 aliphatic heterocycles. The summed E-state index contributed by atoms with van der Waals surface area (Å²) in [6.07, 6.45) is 1.27. The van der Waals surface area contributed by atoms with E-state index in [-0.39, 0.29) is 30.1 Å². The van der Waals surface area contributed by atoms with Crippen molar-refractivity contribution in [2.75, 3.05) is 13.1 Å². The molecule has 0 aromatic carbocycles. The minimum absolute atomic E-state index is 0.000602. The topological polar surface area (TPSA) is 55.6 Å². The van der Waals surface area contributed by atoms with E-state index in [4.69, 9.17) is 10.5 Å². The van der Waals surface area contributed by atoms with Gasteiger partial charge in [0.2, 0.25) is 5.91 Å². The van der Waals surface area contributed by atoms with Crippen LogP contribution in [0.4, 0.5) is 0 Å². The fourth-order valence-corrected chi connectivity index (χ4v) is 3.53. The van der Waals surface area contributed by atoms with Crippen molar-refractivity contribution in [3.05, 3.63) is 0 Å². The van der Waals surface area contributed by atoms with Gasteiger partial charge in [0.15, 0.2) is 0 Å². The van der Waals surface area contributed by atoms with Crippen LogP contribution in [0.15, 0.2) is 0 Å². The van der Waals surface area contributed by atoms with E-state index in [0.717, 1.165) is 13.0 Å². The number of likely N-dealkylation sites (tertiary alicyclic amines) is 1. The summed E-state index contributed by atoms with van der Waals surface area (Å²) in [6.45, 7) is 9.80. The van der Waals surface area contributed by atoms with Gasteiger partial charge in [-0.15, -0.1) is 0 Å². The summed E-state index contributed by atoms with van der Waals surface area (Å²) in [5.74, 6) is 1.06.